The Bertz CT molecular complexity index is 633. The number of ether oxygens (including phenoxy) is 1. The molecular weight excluding hydrogens is 312 g/mol. The van der Waals surface area contributed by atoms with Gasteiger partial charge in [-0.3, -0.25) is 4.79 Å². The third-order valence-electron chi connectivity index (χ3n) is 2.68. The summed E-state index contributed by atoms with van der Waals surface area (Å²) in [5.74, 6) is 0.492. The second-order valence-corrected chi connectivity index (χ2v) is 5.18. The van der Waals surface area contributed by atoms with E-state index in [9.17, 15) is 4.79 Å². The number of imidazole rings is 1. The second-order valence-electron chi connectivity index (χ2n) is 4.39. The molecule has 0 spiro atoms. The van der Waals surface area contributed by atoms with E-state index in [1.165, 1.54) is 0 Å². The molecule has 102 valence electrons. The van der Waals surface area contributed by atoms with E-state index in [0.29, 0.717) is 16.0 Å². The smallest absolute Gasteiger partial charge is 0.265 e. The lowest BCUT2D eigenvalue weighted by Crippen LogP contribution is -2.15. The molecule has 0 bridgehead atoms. The van der Waals surface area contributed by atoms with Gasteiger partial charge in [-0.05, 0) is 29.8 Å². The highest BCUT2D eigenvalue weighted by molar-refractivity contribution is 9.10. The largest absolute Gasteiger partial charge is 0.378 e. The van der Waals surface area contributed by atoms with Crippen LogP contribution in [0.2, 0.25) is 0 Å². The number of nitrogens with zero attached hydrogens (tertiary/aromatic N) is 3. The molecule has 2 rings (SSSR count). The van der Waals surface area contributed by atoms with Crippen molar-refractivity contribution >= 4 is 15.9 Å². The molecule has 0 saturated carbocycles. The number of methoxy groups -OCH3 is 1. The molecule has 0 saturated heterocycles. The summed E-state index contributed by atoms with van der Waals surface area (Å²) >= 11 is 3.22. The minimum atomic E-state index is -0.228. The van der Waals surface area contributed by atoms with Gasteiger partial charge in [-0.1, -0.05) is 0 Å². The maximum atomic E-state index is 11.9. The van der Waals surface area contributed by atoms with Gasteiger partial charge in [0.1, 0.15) is 10.2 Å². The molecule has 0 radical (unpaired) electrons. The quantitative estimate of drug-likeness (QED) is 0.934. The number of hydrogen-bond donors (Lipinski definition) is 1. The summed E-state index contributed by atoms with van der Waals surface area (Å²) in [7, 11) is 1.56. The van der Waals surface area contributed by atoms with Crippen LogP contribution in [-0.4, -0.2) is 26.6 Å². The third-order valence-corrected chi connectivity index (χ3v) is 3.50. The number of hydrogen-bond acceptors (Lipinski definition) is 4. The molecule has 6 nitrogen and oxygen atoms in total. The standard InChI is InChI=1S/C12H15BrN4O2/c1-7(2)17-6-14-4-9(17)11-15-8(5-19-3)10(13)12(18)16-11/h4,6-7H,5H2,1-3H3,(H,15,16,18). The fraction of sp³-hybridized carbons (Fsp3) is 0.417. The van der Waals surface area contributed by atoms with Gasteiger partial charge < -0.3 is 14.3 Å². The summed E-state index contributed by atoms with van der Waals surface area (Å²) in [6, 6.07) is 0.234. The van der Waals surface area contributed by atoms with Crippen molar-refractivity contribution in [3.8, 4) is 11.5 Å². The third kappa shape index (κ3) is 2.76. The fourth-order valence-corrected chi connectivity index (χ4v) is 2.06. The lowest BCUT2D eigenvalue weighted by Gasteiger charge is -2.12. The average molecular weight is 327 g/mol. The first-order chi connectivity index (χ1) is 9.04. The van der Waals surface area contributed by atoms with Crippen molar-refractivity contribution in [2.75, 3.05) is 7.11 Å². The zero-order chi connectivity index (χ0) is 14.0. The summed E-state index contributed by atoms with van der Waals surface area (Å²) in [6.45, 7) is 4.35. The minimum absolute atomic E-state index is 0.228. The molecule has 0 amide bonds. The Kier molecular flexibility index (Phi) is 4.16. The van der Waals surface area contributed by atoms with Crippen LogP contribution in [0.15, 0.2) is 21.8 Å². The van der Waals surface area contributed by atoms with Crippen LogP contribution in [0.25, 0.3) is 11.5 Å². The Morgan fingerprint density at radius 3 is 2.89 bits per heavy atom. The van der Waals surface area contributed by atoms with Crippen LogP contribution in [0.3, 0.4) is 0 Å². The van der Waals surface area contributed by atoms with Crippen LogP contribution in [-0.2, 0) is 11.3 Å². The average Bonchev–Trinajstić information content (AvgIpc) is 2.84. The van der Waals surface area contributed by atoms with E-state index in [0.717, 1.165) is 5.69 Å². The fourth-order valence-electron chi connectivity index (χ4n) is 1.76. The van der Waals surface area contributed by atoms with Crippen molar-refractivity contribution in [1.82, 2.24) is 19.5 Å². The van der Waals surface area contributed by atoms with Crippen LogP contribution in [0.5, 0.6) is 0 Å². The molecule has 2 heterocycles. The predicted molar refractivity (Wildman–Crippen MR) is 74.9 cm³/mol. The van der Waals surface area contributed by atoms with Gasteiger partial charge in [0.15, 0.2) is 5.82 Å². The first-order valence-electron chi connectivity index (χ1n) is 5.84. The van der Waals surface area contributed by atoms with Gasteiger partial charge in [0, 0.05) is 13.2 Å². The van der Waals surface area contributed by atoms with Crippen LogP contribution < -0.4 is 5.56 Å². The van der Waals surface area contributed by atoms with Crippen molar-refractivity contribution in [2.24, 2.45) is 0 Å². The number of nitrogens with one attached hydrogen (secondary N) is 1. The molecule has 1 N–H and O–H groups in total. The Morgan fingerprint density at radius 1 is 1.53 bits per heavy atom. The van der Waals surface area contributed by atoms with Crippen molar-refractivity contribution < 1.29 is 4.74 Å². The van der Waals surface area contributed by atoms with Crippen molar-refractivity contribution in [2.45, 2.75) is 26.5 Å². The van der Waals surface area contributed by atoms with E-state index in [4.69, 9.17) is 4.74 Å². The molecule has 0 atom stereocenters. The monoisotopic (exact) mass is 326 g/mol. The Labute approximate surface area is 119 Å². The zero-order valence-corrected chi connectivity index (χ0v) is 12.6. The van der Waals surface area contributed by atoms with Crippen LogP contribution >= 0.6 is 15.9 Å². The zero-order valence-electron chi connectivity index (χ0n) is 11.0. The number of halogens is 1. The molecule has 7 heteroatoms. The molecule has 0 aliphatic heterocycles. The predicted octanol–water partition coefficient (Wildman–Crippen LogP) is 2.12. The van der Waals surface area contributed by atoms with E-state index >= 15 is 0 Å². The van der Waals surface area contributed by atoms with Crippen molar-refractivity contribution in [1.29, 1.82) is 0 Å². The van der Waals surface area contributed by atoms with Crippen molar-refractivity contribution in [3.63, 3.8) is 0 Å². The summed E-state index contributed by atoms with van der Waals surface area (Å²) in [6.07, 6.45) is 3.40. The second kappa shape index (κ2) is 5.66. The summed E-state index contributed by atoms with van der Waals surface area (Å²) in [5, 5.41) is 0. The highest BCUT2D eigenvalue weighted by Crippen LogP contribution is 2.20. The Morgan fingerprint density at radius 2 is 2.26 bits per heavy atom. The van der Waals surface area contributed by atoms with Crippen LogP contribution in [0.4, 0.5) is 0 Å². The first-order valence-corrected chi connectivity index (χ1v) is 6.63. The SMILES string of the molecule is COCc1nc(-c2cncn2C(C)C)[nH]c(=O)c1Br. The number of aromatic nitrogens is 4. The molecule has 0 aliphatic rings. The van der Waals surface area contributed by atoms with Gasteiger partial charge in [-0.2, -0.15) is 0 Å². The van der Waals surface area contributed by atoms with E-state index in [1.54, 1.807) is 19.6 Å². The van der Waals surface area contributed by atoms with E-state index in [1.807, 2.05) is 18.4 Å². The minimum Gasteiger partial charge on any atom is -0.378 e. The van der Waals surface area contributed by atoms with Gasteiger partial charge in [0.2, 0.25) is 0 Å². The van der Waals surface area contributed by atoms with Crippen molar-refractivity contribution in [3.05, 3.63) is 33.0 Å². The number of aromatic amines is 1. The molecule has 0 unspecified atom stereocenters. The molecule has 2 aromatic rings. The number of H-pyrrole nitrogens is 1. The summed E-state index contributed by atoms with van der Waals surface area (Å²) in [5.41, 5.74) is 1.11. The van der Waals surface area contributed by atoms with E-state index in [2.05, 4.69) is 30.9 Å². The lowest BCUT2D eigenvalue weighted by atomic mass is 10.3. The molecule has 0 aliphatic carbocycles. The van der Waals surface area contributed by atoms with Gasteiger partial charge >= 0.3 is 0 Å². The maximum absolute atomic E-state index is 11.9. The maximum Gasteiger partial charge on any atom is 0.265 e. The number of rotatable bonds is 4. The topological polar surface area (TPSA) is 72.8 Å². The van der Waals surface area contributed by atoms with Gasteiger partial charge in [-0.15, -0.1) is 0 Å². The van der Waals surface area contributed by atoms with Crippen LogP contribution in [0.1, 0.15) is 25.6 Å². The molecule has 19 heavy (non-hydrogen) atoms. The van der Waals surface area contributed by atoms with E-state index in [-0.39, 0.29) is 18.2 Å². The molecule has 2 aromatic heterocycles. The van der Waals surface area contributed by atoms with Gasteiger partial charge in [-0.25, -0.2) is 9.97 Å². The first kappa shape index (κ1) is 14.0. The summed E-state index contributed by atoms with van der Waals surface area (Å²) in [4.78, 5) is 23.2. The highest BCUT2D eigenvalue weighted by Gasteiger charge is 2.14. The normalized spacial score (nSPS) is 11.2. The highest BCUT2D eigenvalue weighted by atomic mass is 79.9. The van der Waals surface area contributed by atoms with Gasteiger partial charge in [0.25, 0.3) is 5.56 Å². The van der Waals surface area contributed by atoms with Crippen LogP contribution in [0, 0.1) is 0 Å². The Balaban J connectivity index is 2.56. The lowest BCUT2D eigenvalue weighted by molar-refractivity contribution is 0.180. The van der Waals surface area contributed by atoms with Gasteiger partial charge in [0.05, 0.1) is 24.8 Å². The molecule has 0 aromatic carbocycles. The van der Waals surface area contributed by atoms with E-state index < -0.39 is 0 Å². The molecular formula is C12H15BrN4O2. The Hall–Kier alpha value is -1.47. The molecule has 0 fully saturated rings. The summed E-state index contributed by atoms with van der Waals surface area (Å²) < 4.78 is 7.39.